The van der Waals surface area contributed by atoms with Gasteiger partial charge in [0.05, 0.1) is 0 Å². The zero-order chi connectivity index (χ0) is 40.0. The molecular weight excluding hydrogens is 715 g/mol. The molecule has 0 atom stereocenters. The van der Waals surface area contributed by atoms with E-state index in [1.807, 2.05) is 76.7 Å². The normalized spacial score (nSPS) is 10.1. The first-order chi connectivity index (χ1) is 27.0. The minimum Gasteiger partial charge on any atom is -0.264 e. The minimum atomic E-state index is 0. The third-order valence-electron chi connectivity index (χ3n) is 9.99. The average Bonchev–Trinajstić information content (AvgIpc) is 3.76. The van der Waals surface area contributed by atoms with E-state index in [0.717, 1.165) is 34.0 Å². The van der Waals surface area contributed by atoms with Crippen molar-refractivity contribution in [2.24, 2.45) is 0 Å². The van der Waals surface area contributed by atoms with Crippen LogP contribution in [0, 0.1) is 62.3 Å². The molecule has 0 N–H and O–H groups in total. The molecule has 6 heterocycles. The zero-order valence-corrected chi connectivity index (χ0v) is 34.8. The average molecular weight is 770 g/mol. The predicted octanol–water partition coefficient (Wildman–Crippen LogP) is 13.9. The number of pyridine rings is 5. The van der Waals surface area contributed by atoms with Crippen LogP contribution in [0.5, 0.6) is 0 Å². The molecule has 57 heavy (non-hydrogen) atoms. The molecular formula is C51H55N5S. The van der Waals surface area contributed by atoms with Crippen molar-refractivity contribution in [1.29, 1.82) is 0 Å². The summed E-state index contributed by atoms with van der Waals surface area (Å²) in [6.07, 6.45) is 9.24. The van der Waals surface area contributed by atoms with Crippen LogP contribution in [0.4, 0.5) is 0 Å². The van der Waals surface area contributed by atoms with Crippen molar-refractivity contribution in [1.82, 2.24) is 24.9 Å². The summed E-state index contributed by atoms with van der Waals surface area (Å²) >= 11 is 1.73. The highest BCUT2D eigenvalue weighted by atomic mass is 32.1. The number of rotatable bonds is 4. The molecule has 0 saturated carbocycles. The number of hydrogen-bond donors (Lipinski definition) is 0. The second kappa shape index (κ2) is 21.3. The van der Waals surface area contributed by atoms with Gasteiger partial charge in [0.2, 0.25) is 0 Å². The molecule has 6 aromatic heterocycles. The Morgan fingerprint density at radius 3 is 1.30 bits per heavy atom. The van der Waals surface area contributed by atoms with E-state index < -0.39 is 0 Å². The first-order valence-electron chi connectivity index (χ1n) is 18.8. The summed E-state index contributed by atoms with van der Waals surface area (Å²) in [5.41, 5.74) is 20.6. The SMILES string of the molecule is C.Cc1cc(-c2ccccc2)c(C)c(C)n1.Cc1nccc(-c2ccccc2)c1C.Cc1nccc(-c2cccnc2)c1C.Cc1nccc(-c2ccsc2)c1C. The van der Waals surface area contributed by atoms with Crippen LogP contribution in [0.2, 0.25) is 0 Å². The van der Waals surface area contributed by atoms with Crippen LogP contribution < -0.4 is 0 Å². The van der Waals surface area contributed by atoms with E-state index in [4.69, 9.17) is 0 Å². The fourth-order valence-electron chi connectivity index (χ4n) is 6.23. The Morgan fingerprint density at radius 2 is 0.842 bits per heavy atom. The lowest BCUT2D eigenvalue weighted by Crippen LogP contribution is -1.93. The third-order valence-corrected chi connectivity index (χ3v) is 10.7. The van der Waals surface area contributed by atoms with Gasteiger partial charge in [0, 0.05) is 65.0 Å². The molecule has 0 radical (unpaired) electrons. The lowest BCUT2D eigenvalue weighted by molar-refractivity contribution is 1.09. The van der Waals surface area contributed by atoms with Crippen molar-refractivity contribution in [3.8, 4) is 44.5 Å². The van der Waals surface area contributed by atoms with Gasteiger partial charge in [0.25, 0.3) is 0 Å². The number of aromatic nitrogens is 5. The molecule has 0 bridgehead atoms. The van der Waals surface area contributed by atoms with Crippen molar-refractivity contribution in [2.45, 2.75) is 69.7 Å². The molecule has 8 rings (SSSR count). The van der Waals surface area contributed by atoms with Gasteiger partial charge in [-0.15, -0.1) is 0 Å². The molecule has 290 valence electrons. The summed E-state index contributed by atoms with van der Waals surface area (Å²) in [6, 6.07) is 35.3. The Labute approximate surface area is 344 Å². The Kier molecular flexibility index (Phi) is 16.3. The summed E-state index contributed by atoms with van der Waals surface area (Å²) in [6.45, 7) is 18.7. The summed E-state index contributed by atoms with van der Waals surface area (Å²) in [5.74, 6) is 0. The van der Waals surface area contributed by atoms with Crippen molar-refractivity contribution in [2.75, 3.05) is 0 Å². The molecule has 0 unspecified atom stereocenters. The fraction of sp³-hybridized carbons (Fsp3) is 0.196. The zero-order valence-electron chi connectivity index (χ0n) is 34.0. The maximum absolute atomic E-state index is 4.46. The van der Waals surface area contributed by atoms with Crippen LogP contribution in [0.15, 0.2) is 145 Å². The van der Waals surface area contributed by atoms with Gasteiger partial charge in [0.15, 0.2) is 0 Å². The number of thiophene rings is 1. The largest absolute Gasteiger partial charge is 0.264 e. The molecule has 0 saturated heterocycles. The van der Waals surface area contributed by atoms with E-state index in [1.165, 1.54) is 61.2 Å². The maximum atomic E-state index is 4.46. The van der Waals surface area contributed by atoms with Crippen LogP contribution >= 0.6 is 11.3 Å². The van der Waals surface area contributed by atoms with Gasteiger partial charge in [0.1, 0.15) is 0 Å². The monoisotopic (exact) mass is 769 g/mol. The standard InChI is InChI=1S/C14H15N.C13H13N.C12H12N2.C11H11NS.CH4/c1-10-9-14(11(2)12(3)15-10)13-7-5-4-6-8-13;1-10-11(2)14-9-8-13(10)12-6-4-3-5-7-12;1-9-10(2)14-7-5-12(9)11-4-3-6-13-8-11;1-8-9(2)12-5-3-11(8)10-4-6-13-7-10;/h4-9H,1-3H3;3-9H,1-2H3;3-8H,1-2H3;3-7H,1-2H3;1H4. The number of nitrogens with zero attached hydrogens (tertiary/aromatic N) is 5. The Hall–Kier alpha value is -6.11. The second-order valence-corrected chi connectivity index (χ2v) is 14.5. The molecule has 0 amide bonds. The van der Waals surface area contributed by atoms with Gasteiger partial charge >= 0.3 is 0 Å². The van der Waals surface area contributed by atoms with E-state index in [9.17, 15) is 0 Å². The highest BCUT2D eigenvalue weighted by Crippen LogP contribution is 2.27. The van der Waals surface area contributed by atoms with Crippen LogP contribution in [-0.2, 0) is 0 Å². The molecule has 0 aliphatic heterocycles. The van der Waals surface area contributed by atoms with Crippen LogP contribution in [0.25, 0.3) is 44.5 Å². The van der Waals surface area contributed by atoms with Crippen LogP contribution in [-0.4, -0.2) is 24.9 Å². The van der Waals surface area contributed by atoms with Gasteiger partial charge < -0.3 is 0 Å². The Morgan fingerprint density at radius 1 is 0.404 bits per heavy atom. The number of benzene rings is 2. The van der Waals surface area contributed by atoms with Crippen LogP contribution in [0.3, 0.4) is 0 Å². The molecule has 2 aromatic carbocycles. The summed E-state index contributed by atoms with van der Waals surface area (Å²) in [5, 5.41) is 4.27. The molecule has 8 aromatic rings. The van der Waals surface area contributed by atoms with Gasteiger partial charge in [-0.05, 0) is 171 Å². The van der Waals surface area contributed by atoms with Crippen LogP contribution in [0.1, 0.15) is 58.2 Å². The molecule has 0 aliphatic carbocycles. The maximum Gasteiger partial charge on any atom is 0.0411 e. The van der Waals surface area contributed by atoms with Crippen molar-refractivity contribution in [3.63, 3.8) is 0 Å². The van der Waals surface area contributed by atoms with Crippen molar-refractivity contribution >= 4 is 11.3 Å². The highest BCUT2D eigenvalue weighted by molar-refractivity contribution is 7.08. The van der Waals surface area contributed by atoms with E-state index in [0.29, 0.717) is 0 Å². The Balaban J connectivity index is 0.000000168. The molecule has 6 heteroatoms. The lowest BCUT2D eigenvalue weighted by atomic mass is 9.99. The molecule has 0 aliphatic rings. The van der Waals surface area contributed by atoms with Gasteiger partial charge in [-0.3, -0.25) is 24.9 Å². The number of hydrogen-bond acceptors (Lipinski definition) is 6. The topological polar surface area (TPSA) is 64.5 Å². The van der Waals surface area contributed by atoms with Gasteiger partial charge in [-0.1, -0.05) is 74.2 Å². The second-order valence-electron chi connectivity index (χ2n) is 13.7. The summed E-state index contributed by atoms with van der Waals surface area (Å²) in [4.78, 5) is 21.3. The molecule has 0 spiro atoms. The van der Waals surface area contributed by atoms with E-state index in [1.54, 1.807) is 17.5 Å². The van der Waals surface area contributed by atoms with Crippen molar-refractivity contribution in [3.05, 3.63) is 196 Å². The minimum absolute atomic E-state index is 0. The first-order valence-corrected chi connectivity index (χ1v) is 19.7. The summed E-state index contributed by atoms with van der Waals surface area (Å²) in [7, 11) is 0. The van der Waals surface area contributed by atoms with E-state index in [2.05, 4.69) is 149 Å². The predicted molar refractivity (Wildman–Crippen MR) is 244 cm³/mol. The number of aryl methyl sites for hydroxylation is 5. The quantitative estimate of drug-likeness (QED) is 0.178. The van der Waals surface area contributed by atoms with Gasteiger partial charge in [-0.25, -0.2) is 0 Å². The Bertz CT molecular complexity index is 2360. The van der Waals surface area contributed by atoms with Gasteiger partial charge in [-0.2, -0.15) is 11.3 Å². The smallest absolute Gasteiger partial charge is 0.0411 e. The van der Waals surface area contributed by atoms with E-state index in [-0.39, 0.29) is 7.43 Å². The third kappa shape index (κ3) is 11.7. The van der Waals surface area contributed by atoms with E-state index >= 15 is 0 Å². The first kappa shape index (κ1) is 43.6. The lowest BCUT2D eigenvalue weighted by Gasteiger charge is -2.09. The highest BCUT2D eigenvalue weighted by Gasteiger charge is 2.07. The fourth-order valence-corrected chi connectivity index (χ4v) is 6.88. The summed E-state index contributed by atoms with van der Waals surface area (Å²) < 4.78 is 0. The molecule has 5 nitrogen and oxygen atoms in total. The molecule has 0 fully saturated rings. The van der Waals surface area contributed by atoms with Crippen molar-refractivity contribution < 1.29 is 0 Å².